The minimum Gasteiger partial charge on any atom is -0.492 e. The van der Waals surface area contributed by atoms with Crippen molar-refractivity contribution in [1.29, 1.82) is 5.26 Å². The number of hydrogen-bond donors (Lipinski definition) is 1. The van der Waals surface area contributed by atoms with E-state index in [0.29, 0.717) is 12.2 Å². The smallest absolute Gasteiger partial charge is 0.119 e. The first-order valence-electron chi connectivity index (χ1n) is 5.94. The van der Waals surface area contributed by atoms with Crippen LogP contribution in [0.5, 0.6) is 5.75 Å². The molecular formula is C13H17N3O. The second-order valence-corrected chi connectivity index (χ2v) is 4.08. The molecule has 0 radical (unpaired) electrons. The second-order valence-electron chi connectivity index (χ2n) is 4.08. The van der Waals surface area contributed by atoms with Crippen LogP contribution in [0.15, 0.2) is 24.3 Å². The highest BCUT2D eigenvalue weighted by Crippen LogP contribution is 2.11. The average Bonchev–Trinajstić information content (AvgIpc) is 2.41. The molecule has 1 aromatic carbocycles. The molecule has 0 saturated carbocycles. The maximum absolute atomic E-state index is 8.67. The maximum atomic E-state index is 8.67. The Hall–Kier alpha value is -1.57. The van der Waals surface area contributed by atoms with Crippen LogP contribution < -0.4 is 10.1 Å². The van der Waals surface area contributed by atoms with E-state index in [1.54, 1.807) is 12.1 Å². The zero-order valence-corrected chi connectivity index (χ0v) is 9.85. The van der Waals surface area contributed by atoms with Crippen molar-refractivity contribution in [2.24, 2.45) is 0 Å². The summed E-state index contributed by atoms with van der Waals surface area (Å²) >= 11 is 0. The Bertz CT molecular complexity index is 377. The number of rotatable bonds is 4. The van der Waals surface area contributed by atoms with E-state index >= 15 is 0 Å². The van der Waals surface area contributed by atoms with E-state index in [1.165, 1.54) is 0 Å². The maximum Gasteiger partial charge on any atom is 0.119 e. The largest absolute Gasteiger partial charge is 0.492 e. The van der Waals surface area contributed by atoms with E-state index in [9.17, 15) is 0 Å². The first-order valence-corrected chi connectivity index (χ1v) is 5.94. The molecule has 2 rings (SSSR count). The molecule has 1 aromatic rings. The summed E-state index contributed by atoms with van der Waals surface area (Å²) in [6.45, 7) is 5.98. The highest BCUT2D eigenvalue weighted by molar-refractivity contribution is 5.34. The van der Waals surface area contributed by atoms with Crippen molar-refractivity contribution >= 4 is 0 Å². The summed E-state index contributed by atoms with van der Waals surface area (Å²) < 4.78 is 5.64. The molecule has 4 heteroatoms. The first-order chi connectivity index (χ1) is 8.38. The number of hydrogen-bond acceptors (Lipinski definition) is 4. The molecule has 0 aliphatic carbocycles. The van der Waals surface area contributed by atoms with Crippen LogP contribution in [-0.2, 0) is 0 Å². The van der Waals surface area contributed by atoms with Crippen molar-refractivity contribution < 1.29 is 4.74 Å². The van der Waals surface area contributed by atoms with Crippen LogP contribution in [0.3, 0.4) is 0 Å². The standard InChI is InChI=1S/C13H17N3O/c14-11-12-1-3-13(4-2-12)17-10-9-16-7-5-15-6-8-16/h1-4,15H,5-10H2. The lowest BCUT2D eigenvalue weighted by Crippen LogP contribution is -2.44. The van der Waals surface area contributed by atoms with Crippen LogP contribution in [0.4, 0.5) is 0 Å². The van der Waals surface area contributed by atoms with Gasteiger partial charge in [0.1, 0.15) is 12.4 Å². The van der Waals surface area contributed by atoms with Crippen LogP contribution in [0.2, 0.25) is 0 Å². The molecule has 0 amide bonds. The molecule has 0 unspecified atom stereocenters. The summed E-state index contributed by atoms with van der Waals surface area (Å²) in [5.74, 6) is 0.833. The van der Waals surface area contributed by atoms with Gasteiger partial charge in [-0.1, -0.05) is 0 Å². The third-order valence-electron chi connectivity index (χ3n) is 2.87. The molecule has 4 nitrogen and oxygen atoms in total. The third-order valence-corrected chi connectivity index (χ3v) is 2.87. The van der Waals surface area contributed by atoms with Gasteiger partial charge >= 0.3 is 0 Å². The highest BCUT2D eigenvalue weighted by Gasteiger charge is 2.08. The zero-order chi connectivity index (χ0) is 11.9. The van der Waals surface area contributed by atoms with Gasteiger partial charge in [0.05, 0.1) is 11.6 Å². The van der Waals surface area contributed by atoms with Crippen LogP contribution in [-0.4, -0.2) is 44.2 Å². The molecule has 1 heterocycles. The Morgan fingerprint density at radius 1 is 1.24 bits per heavy atom. The lowest BCUT2D eigenvalue weighted by molar-refractivity contribution is 0.191. The van der Waals surface area contributed by atoms with Crippen LogP contribution >= 0.6 is 0 Å². The topological polar surface area (TPSA) is 48.3 Å². The highest BCUT2D eigenvalue weighted by atomic mass is 16.5. The zero-order valence-electron chi connectivity index (χ0n) is 9.85. The van der Waals surface area contributed by atoms with Crippen molar-refractivity contribution in [2.45, 2.75) is 0 Å². The number of ether oxygens (including phenoxy) is 1. The van der Waals surface area contributed by atoms with Gasteiger partial charge in [-0.25, -0.2) is 0 Å². The Kier molecular flexibility index (Phi) is 4.37. The van der Waals surface area contributed by atoms with Gasteiger partial charge in [-0.05, 0) is 24.3 Å². The molecule has 1 N–H and O–H groups in total. The lowest BCUT2D eigenvalue weighted by Gasteiger charge is -2.26. The van der Waals surface area contributed by atoms with Crippen LogP contribution in [0.25, 0.3) is 0 Å². The predicted molar refractivity (Wildman–Crippen MR) is 66.0 cm³/mol. The molecule has 17 heavy (non-hydrogen) atoms. The summed E-state index contributed by atoms with van der Waals surface area (Å²) in [7, 11) is 0. The van der Waals surface area contributed by atoms with E-state index in [0.717, 1.165) is 38.5 Å². The summed E-state index contributed by atoms with van der Waals surface area (Å²) in [6.07, 6.45) is 0. The summed E-state index contributed by atoms with van der Waals surface area (Å²) in [5.41, 5.74) is 0.666. The molecule has 0 spiro atoms. The van der Waals surface area contributed by atoms with Gasteiger partial charge in [0.15, 0.2) is 0 Å². The molecule has 1 aliphatic heterocycles. The predicted octanol–water partition coefficient (Wildman–Crippen LogP) is 0.842. The van der Waals surface area contributed by atoms with Crippen molar-refractivity contribution in [3.05, 3.63) is 29.8 Å². The van der Waals surface area contributed by atoms with Crippen molar-refractivity contribution in [3.8, 4) is 11.8 Å². The number of benzene rings is 1. The molecule has 0 aromatic heterocycles. The number of piperazine rings is 1. The summed E-state index contributed by atoms with van der Waals surface area (Å²) in [5, 5.41) is 12.0. The minimum absolute atomic E-state index is 0.666. The number of nitriles is 1. The van der Waals surface area contributed by atoms with Gasteiger partial charge in [0.25, 0.3) is 0 Å². The fourth-order valence-electron chi connectivity index (χ4n) is 1.85. The fraction of sp³-hybridized carbons (Fsp3) is 0.462. The van der Waals surface area contributed by atoms with E-state index in [-0.39, 0.29) is 0 Å². The monoisotopic (exact) mass is 231 g/mol. The molecular weight excluding hydrogens is 214 g/mol. The molecule has 1 fully saturated rings. The van der Waals surface area contributed by atoms with Crippen molar-refractivity contribution in [3.63, 3.8) is 0 Å². The quantitative estimate of drug-likeness (QED) is 0.834. The Labute approximate surface area is 102 Å². The van der Waals surface area contributed by atoms with Gasteiger partial charge < -0.3 is 10.1 Å². The minimum atomic E-state index is 0.666. The van der Waals surface area contributed by atoms with Crippen molar-refractivity contribution in [2.75, 3.05) is 39.3 Å². The molecule has 1 aliphatic rings. The van der Waals surface area contributed by atoms with Crippen LogP contribution in [0, 0.1) is 11.3 Å². The Morgan fingerprint density at radius 3 is 2.59 bits per heavy atom. The summed E-state index contributed by atoms with van der Waals surface area (Å²) in [6, 6.07) is 9.33. The van der Waals surface area contributed by atoms with E-state index < -0.39 is 0 Å². The second kappa shape index (κ2) is 6.24. The van der Waals surface area contributed by atoms with Gasteiger partial charge in [0, 0.05) is 32.7 Å². The summed E-state index contributed by atoms with van der Waals surface area (Å²) in [4.78, 5) is 2.39. The first kappa shape index (κ1) is 11.9. The molecule has 0 atom stereocenters. The molecule has 90 valence electrons. The van der Waals surface area contributed by atoms with Crippen LogP contribution in [0.1, 0.15) is 5.56 Å². The molecule has 1 saturated heterocycles. The van der Waals surface area contributed by atoms with Gasteiger partial charge in [-0.2, -0.15) is 5.26 Å². The Balaban J connectivity index is 1.72. The SMILES string of the molecule is N#Cc1ccc(OCCN2CCNCC2)cc1. The van der Waals surface area contributed by atoms with E-state index in [1.807, 2.05) is 12.1 Å². The number of nitrogens with one attached hydrogen (secondary N) is 1. The average molecular weight is 231 g/mol. The van der Waals surface area contributed by atoms with Gasteiger partial charge in [0.2, 0.25) is 0 Å². The van der Waals surface area contributed by atoms with E-state index in [4.69, 9.17) is 10.00 Å². The number of nitrogens with zero attached hydrogens (tertiary/aromatic N) is 2. The van der Waals surface area contributed by atoms with Crippen molar-refractivity contribution in [1.82, 2.24) is 10.2 Å². The fourth-order valence-corrected chi connectivity index (χ4v) is 1.85. The van der Waals surface area contributed by atoms with Gasteiger partial charge in [-0.3, -0.25) is 4.90 Å². The van der Waals surface area contributed by atoms with Gasteiger partial charge in [-0.15, -0.1) is 0 Å². The Morgan fingerprint density at radius 2 is 1.94 bits per heavy atom. The molecule has 0 bridgehead atoms. The third kappa shape index (κ3) is 3.74. The lowest BCUT2D eigenvalue weighted by atomic mass is 10.2. The normalized spacial score (nSPS) is 16.4. The van der Waals surface area contributed by atoms with E-state index in [2.05, 4.69) is 16.3 Å².